The first-order valence-electron chi connectivity index (χ1n) is 9.91. The maximum Gasteiger partial charge on any atom is 0.647 e. The van der Waals surface area contributed by atoms with E-state index in [0.717, 1.165) is 29.5 Å². The molecule has 0 aliphatic carbocycles. The summed E-state index contributed by atoms with van der Waals surface area (Å²) in [5.74, 6) is 1.62. The summed E-state index contributed by atoms with van der Waals surface area (Å²) in [6.45, 7) is 5.85. The topological polar surface area (TPSA) is 54.0 Å². The van der Waals surface area contributed by atoms with E-state index in [0.29, 0.717) is 23.0 Å². The average Bonchev–Trinajstić information content (AvgIpc) is 2.73. The Hall–Kier alpha value is -2.91. The van der Waals surface area contributed by atoms with Crippen molar-refractivity contribution in [2.24, 2.45) is 0 Å². The normalized spacial score (nSPS) is 11.1. The Labute approximate surface area is 178 Å². The quantitative estimate of drug-likeness (QED) is 0.348. The lowest BCUT2D eigenvalue weighted by atomic mass is 10.1. The molecule has 0 saturated carbocycles. The minimum absolute atomic E-state index is 0.294. The Morgan fingerprint density at radius 1 is 0.733 bits per heavy atom. The Kier molecular flexibility index (Phi) is 7.07. The summed E-state index contributed by atoms with van der Waals surface area (Å²) in [5, 5.41) is 0. The molecule has 0 heterocycles. The molecule has 0 N–H and O–H groups in total. The van der Waals surface area contributed by atoms with Gasteiger partial charge in [-0.05, 0) is 61.2 Å². The van der Waals surface area contributed by atoms with Crippen LogP contribution in [-0.4, -0.2) is 7.11 Å². The number of aryl methyl sites for hydroxylation is 3. The van der Waals surface area contributed by atoms with E-state index in [1.54, 1.807) is 37.4 Å². The molecule has 6 heteroatoms. The summed E-state index contributed by atoms with van der Waals surface area (Å²) in [5.41, 5.74) is 2.75. The van der Waals surface area contributed by atoms with Crippen molar-refractivity contribution in [1.82, 2.24) is 0 Å². The Balaban J connectivity index is 1.98. The summed E-state index contributed by atoms with van der Waals surface area (Å²) in [6, 6.07) is 20.1. The molecule has 0 atom stereocenters. The van der Waals surface area contributed by atoms with Crippen molar-refractivity contribution in [2.75, 3.05) is 7.11 Å². The molecule has 0 aromatic heterocycles. The molecule has 3 aromatic carbocycles. The summed E-state index contributed by atoms with van der Waals surface area (Å²) < 4.78 is 36.8. The van der Waals surface area contributed by atoms with Crippen molar-refractivity contribution in [3.63, 3.8) is 0 Å². The highest BCUT2D eigenvalue weighted by Gasteiger charge is 2.35. The first-order valence-corrected chi connectivity index (χ1v) is 11.4. The molecule has 0 amide bonds. The molecular formula is C24H27O5P. The van der Waals surface area contributed by atoms with Crippen LogP contribution < -0.4 is 18.3 Å². The highest BCUT2D eigenvalue weighted by molar-refractivity contribution is 7.49. The van der Waals surface area contributed by atoms with Gasteiger partial charge in [-0.3, -0.25) is 0 Å². The van der Waals surface area contributed by atoms with Crippen LogP contribution in [-0.2, 0) is 11.0 Å². The van der Waals surface area contributed by atoms with Crippen molar-refractivity contribution in [3.05, 3.63) is 83.4 Å². The summed E-state index contributed by atoms with van der Waals surface area (Å²) in [4.78, 5) is 0. The fraction of sp³-hybridized carbons (Fsp3) is 0.250. The lowest BCUT2D eigenvalue weighted by Crippen LogP contribution is -2.09. The lowest BCUT2D eigenvalue weighted by molar-refractivity contribution is 0.289. The number of phosphoric ester groups is 1. The van der Waals surface area contributed by atoms with Gasteiger partial charge in [-0.15, -0.1) is 0 Å². The fourth-order valence-electron chi connectivity index (χ4n) is 2.97. The van der Waals surface area contributed by atoms with Gasteiger partial charge < -0.3 is 18.3 Å². The van der Waals surface area contributed by atoms with E-state index in [-0.39, 0.29) is 0 Å². The molecule has 30 heavy (non-hydrogen) atoms. The van der Waals surface area contributed by atoms with Gasteiger partial charge in [0.15, 0.2) is 11.5 Å². The second kappa shape index (κ2) is 9.73. The van der Waals surface area contributed by atoms with Crippen LogP contribution >= 0.6 is 7.82 Å². The van der Waals surface area contributed by atoms with Crippen LogP contribution in [0.4, 0.5) is 0 Å². The first kappa shape index (κ1) is 21.8. The summed E-state index contributed by atoms with van der Waals surface area (Å²) >= 11 is 0. The zero-order chi connectivity index (χ0) is 21.6. The van der Waals surface area contributed by atoms with Gasteiger partial charge >= 0.3 is 7.82 Å². The van der Waals surface area contributed by atoms with Crippen LogP contribution in [0.3, 0.4) is 0 Å². The van der Waals surface area contributed by atoms with E-state index in [9.17, 15) is 4.57 Å². The third-order valence-corrected chi connectivity index (χ3v) is 5.85. The van der Waals surface area contributed by atoms with Gasteiger partial charge in [-0.25, -0.2) is 0 Å². The monoisotopic (exact) mass is 426 g/mol. The van der Waals surface area contributed by atoms with Gasteiger partial charge in [-0.2, -0.15) is 4.57 Å². The van der Waals surface area contributed by atoms with Gasteiger partial charge in [0.25, 0.3) is 0 Å². The van der Waals surface area contributed by atoms with Crippen molar-refractivity contribution >= 4 is 7.82 Å². The molecule has 0 aliphatic rings. The predicted octanol–water partition coefficient (Wildman–Crippen LogP) is 6.91. The van der Waals surface area contributed by atoms with Crippen LogP contribution in [0.5, 0.6) is 23.0 Å². The highest BCUT2D eigenvalue weighted by Crippen LogP contribution is 2.52. The average molecular weight is 426 g/mol. The standard InChI is InChI=1S/C24H27O5P/c1-5-10-20-15-16-23(24(17-20)26-4)29-30(25,27-21-13-8-6-11-18(21)2)28-22-14-9-7-12-19(22)3/h6-9,11-17H,5,10H2,1-4H3. The van der Waals surface area contributed by atoms with Crippen LogP contribution in [0.15, 0.2) is 66.7 Å². The van der Waals surface area contributed by atoms with Crippen LogP contribution in [0.25, 0.3) is 0 Å². The van der Waals surface area contributed by atoms with E-state index in [4.69, 9.17) is 18.3 Å². The van der Waals surface area contributed by atoms with E-state index in [1.165, 1.54) is 0 Å². The smallest absolute Gasteiger partial charge is 0.493 e. The fourth-order valence-corrected chi connectivity index (χ4v) is 4.36. The van der Waals surface area contributed by atoms with Gasteiger partial charge in [-0.1, -0.05) is 55.8 Å². The molecule has 0 saturated heterocycles. The number of ether oxygens (including phenoxy) is 1. The van der Waals surface area contributed by atoms with E-state index >= 15 is 0 Å². The molecule has 158 valence electrons. The molecule has 3 aromatic rings. The summed E-state index contributed by atoms with van der Waals surface area (Å²) in [7, 11) is -2.54. The van der Waals surface area contributed by atoms with E-state index < -0.39 is 7.82 Å². The second-order valence-corrected chi connectivity index (χ2v) is 8.43. The van der Waals surface area contributed by atoms with E-state index in [1.807, 2.05) is 50.2 Å². The van der Waals surface area contributed by atoms with Crippen molar-refractivity contribution in [2.45, 2.75) is 33.6 Å². The predicted molar refractivity (Wildman–Crippen MR) is 119 cm³/mol. The van der Waals surface area contributed by atoms with E-state index in [2.05, 4.69) is 6.92 Å². The Morgan fingerprint density at radius 3 is 1.77 bits per heavy atom. The number of methoxy groups -OCH3 is 1. The van der Waals surface area contributed by atoms with Crippen molar-refractivity contribution < 1.29 is 22.9 Å². The molecule has 0 spiro atoms. The number of phosphoric acid groups is 1. The number of para-hydroxylation sites is 2. The molecule has 0 fully saturated rings. The maximum absolute atomic E-state index is 13.8. The number of rotatable bonds is 9. The van der Waals surface area contributed by atoms with Gasteiger partial charge in [0.1, 0.15) is 11.5 Å². The van der Waals surface area contributed by atoms with Crippen LogP contribution in [0.1, 0.15) is 30.0 Å². The molecule has 5 nitrogen and oxygen atoms in total. The lowest BCUT2D eigenvalue weighted by Gasteiger charge is -2.22. The number of benzene rings is 3. The van der Waals surface area contributed by atoms with Gasteiger partial charge in [0, 0.05) is 0 Å². The molecule has 3 rings (SSSR count). The maximum atomic E-state index is 13.8. The first-order chi connectivity index (χ1) is 14.4. The molecule has 0 unspecified atom stereocenters. The second-order valence-electron chi connectivity index (χ2n) is 6.99. The third kappa shape index (κ3) is 5.37. The minimum atomic E-state index is -4.09. The number of hydrogen-bond donors (Lipinski definition) is 0. The molecule has 0 radical (unpaired) electrons. The highest BCUT2D eigenvalue weighted by atomic mass is 31.2. The van der Waals surface area contributed by atoms with Crippen molar-refractivity contribution in [1.29, 1.82) is 0 Å². The largest absolute Gasteiger partial charge is 0.647 e. The zero-order valence-electron chi connectivity index (χ0n) is 17.8. The Morgan fingerprint density at radius 2 is 1.27 bits per heavy atom. The SMILES string of the molecule is CCCc1ccc(OP(=O)(Oc2ccccc2C)Oc2ccccc2C)c(OC)c1. The minimum Gasteiger partial charge on any atom is -0.493 e. The molecular weight excluding hydrogens is 399 g/mol. The molecule has 0 bridgehead atoms. The van der Waals surface area contributed by atoms with Crippen LogP contribution in [0, 0.1) is 13.8 Å². The van der Waals surface area contributed by atoms with Crippen molar-refractivity contribution in [3.8, 4) is 23.0 Å². The van der Waals surface area contributed by atoms with Crippen LogP contribution in [0.2, 0.25) is 0 Å². The summed E-state index contributed by atoms with van der Waals surface area (Å²) in [6.07, 6.45) is 1.92. The molecule has 0 aliphatic heterocycles. The zero-order valence-corrected chi connectivity index (χ0v) is 18.6. The van der Waals surface area contributed by atoms with Gasteiger partial charge in [0.05, 0.1) is 7.11 Å². The van der Waals surface area contributed by atoms with Gasteiger partial charge in [0.2, 0.25) is 0 Å². The number of hydrogen-bond acceptors (Lipinski definition) is 5. The third-order valence-electron chi connectivity index (χ3n) is 4.58. The Bertz CT molecular complexity index is 996.